The first-order chi connectivity index (χ1) is 8.77. The van der Waals surface area contributed by atoms with Crippen molar-refractivity contribution in [3.05, 3.63) is 12.2 Å². The number of hydrogen-bond acceptors (Lipinski definition) is 4. The van der Waals surface area contributed by atoms with Crippen molar-refractivity contribution < 1.29 is 4.79 Å². The van der Waals surface area contributed by atoms with Crippen molar-refractivity contribution >= 4 is 5.91 Å². The number of nitrogens with zero attached hydrogens (tertiary/aromatic N) is 2. The van der Waals surface area contributed by atoms with Crippen LogP contribution in [-0.2, 0) is 11.2 Å². The second-order valence-corrected chi connectivity index (χ2v) is 4.88. The third-order valence-corrected chi connectivity index (χ3v) is 3.53. The Morgan fingerprint density at radius 3 is 3.06 bits per heavy atom. The van der Waals surface area contributed by atoms with Crippen molar-refractivity contribution in [2.45, 2.75) is 44.6 Å². The Hall–Kier alpha value is -1.43. The largest absolute Gasteiger partial charge is 0.355 e. The highest BCUT2D eigenvalue weighted by atomic mass is 16.1. The van der Waals surface area contributed by atoms with Gasteiger partial charge >= 0.3 is 0 Å². The third kappa shape index (κ3) is 3.53. The summed E-state index contributed by atoms with van der Waals surface area (Å²) in [5.41, 5.74) is 6.06. The number of rotatable bonds is 4. The molecule has 1 saturated carbocycles. The van der Waals surface area contributed by atoms with Crippen LogP contribution in [0.15, 0.2) is 6.33 Å². The molecule has 0 spiro atoms. The summed E-state index contributed by atoms with van der Waals surface area (Å²) in [7, 11) is 0. The molecule has 100 valence electrons. The van der Waals surface area contributed by atoms with E-state index in [1.54, 1.807) is 0 Å². The van der Waals surface area contributed by atoms with E-state index in [9.17, 15) is 4.79 Å². The second kappa shape index (κ2) is 6.49. The van der Waals surface area contributed by atoms with Crippen molar-refractivity contribution in [1.29, 1.82) is 0 Å². The van der Waals surface area contributed by atoms with Gasteiger partial charge in [-0.1, -0.05) is 19.3 Å². The van der Waals surface area contributed by atoms with Crippen molar-refractivity contribution in [3.8, 4) is 0 Å². The molecule has 1 fully saturated rings. The molecule has 1 aliphatic rings. The maximum Gasteiger partial charge on any atom is 0.224 e. The van der Waals surface area contributed by atoms with Crippen molar-refractivity contribution in [3.63, 3.8) is 0 Å². The zero-order valence-corrected chi connectivity index (χ0v) is 10.6. The van der Waals surface area contributed by atoms with Crippen LogP contribution >= 0.6 is 0 Å². The molecule has 6 heteroatoms. The minimum Gasteiger partial charge on any atom is -0.355 e. The van der Waals surface area contributed by atoms with Crippen LogP contribution in [0.25, 0.3) is 0 Å². The van der Waals surface area contributed by atoms with Gasteiger partial charge in [-0.05, 0) is 12.8 Å². The van der Waals surface area contributed by atoms with Crippen LogP contribution in [-0.4, -0.2) is 33.7 Å². The summed E-state index contributed by atoms with van der Waals surface area (Å²) in [6, 6.07) is 0.0118. The first-order valence-corrected chi connectivity index (χ1v) is 6.65. The molecule has 0 bridgehead atoms. The van der Waals surface area contributed by atoms with Crippen LogP contribution in [0.5, 0.6) is 0 Å². The van der Waals surface area contributed by atoms with E-state index in [4.69, 9.17) is 5.73 Å². The average Bonchev–Trinajstić information content (AvgIpc) is 2.77. The molecular formula is C12H21N5O. The molecule has 0 saturated heterocycles. The van der Waals surface area contributed by atoms with Gasteiger partial charge in [0, 0.05) is 19.0 Å². The Kier molecular flexibility index (Phi) is 4.69. The van der Waals surface area contributed by atoms with Crippen molar-refractivity contribution in [2.24, 2.45) is 11.7 Å². The Morgan fingerprint density at radius 2 is 2.28 bits per heavy atom. The lowest BCUT2D eigenvalue weighted by Crippen LogP contribution is -2.41. The Labute approximate surface area is 107 Å². The smallest absolute Gasteiger partial charge is 0.224 e. The zero-order chi connectivity index (χ0) is 12.8. The molecule has 6 nitrogen and oxygen atoms in total. The summed E-state index contributed by atoms with van der Waals surface area (Å²) in [5.74, 6) is 0.853. The molecule has 18 heavy (non-hydrogen) atoms. The Balaban J connectivity index is 1.76. The van der Waals surface area contributed by atoms with E-state index >= 15 is 0 Å². The van der Waals surface area contributed by atoms with Gasteiger partial charge in [0.2, 0.25) is 5.91 Å². The fourth-order valence-corrected chi connectivity index (χ4v) is 2.45. The van der Waals surface area contributed by atoms with E-state index in [1.807, 2.05) is 0 Å². The second-order valence-electron chi connectivity index (χ2n) is 4.88. The molecule has 1 aromatic rings. The quantitative estimate of drug-likeness (QED) is 0.674. The predicted octanol–water partition coefficient (Wildman–Crippen LogP) is 0.371. The Bertz CT molecular complexity index is 365. The average molecular weight is 251 g/mol. The lowest BCUT2D eigenvalue weighted by atomic mass is 9.94. The standard InChI is InChI=1S/C12H21N5O/c13-10-5-3-1-2-4-9(10)12(18)14-7-6-11-15-8-16-17-11/h8-10H,1-7,13H2,(H,14,18)(H,15,16,17). The number of carbonyl (C=O) groups excluding carboxylic acids is 1. The van der Waals surface area contributed by atoms with Crippen molar-refractivity contribution in [1.82, 2.24) is 20.5 Å². The number of nitrogens with two attached hydrogens (primary N) is 1. The maximum absolute atomic E-state index is 12.1. The molecule has 1 heterocycles. The first-order valence-electron chi connectivity index (χ1n) is 6.65. The van der Waals surface area contributed by atoms with Gasteiger partial charge in [0.05, 0.1) is 5.92 Å². The van der Waals surface area contributed by atoms with E-state index in [-0.39, 0.29) is 17.9 Å². The number of H-pyrrole nitrogens is 1. The monoisotopic (exact) mass is 251 g/mol. The lowest BCUT2D eigenvalue weighted by Gasteiger charge is -2.20. The van der Waals surface area contributed by atoms with Crippen LogP contribution in [0.4, 0.5) is 0 Å². The molecule has 2 rings (SSSR count). The molecule has 0 aliphatic heterocycles. The lowest BCUT2D eigenvalue weighted by molar-refractivity contribution is -0.125. The maximum atomic E-state index is 12.1. The van der Waals surface area contributed by atoms with Crippen LogP contribution in [0.2, 0.25) is 0 Å². The summed E-state index contributed by atoms with van der Waals surface area (Å²) >= 11 is 0. The summed E-state index contributed by atoms with van der Waals surface area (Å²) in [6.45, 7) is 0.581. The molecule has 2 atom stereocenters. The fourth-order valence-electron chi connectivity index (χ4n) is 2.45. The fraction of sp³-hybridized carbons (Fsp3) is 0.750. The molecule has 1 aliphatic carbocycles. The highest BCUT2D eigenvalue weighted by Gasteiger charge is 2.26. The molecule has 0 radical (unpaired) electrons. The van der Waals surface area contributed by atoms with Gasteiger partial charge in [-0.15, -0.1) is 0 Å². The SMILES string of the molecule is NC1CCCCCC1C(=O)NCCc1ncn[nH]1. The number of amides is 1. The van der Waals surface area contributed by atoms with E-state index in [0.717, 1.165) is 31.5 Å². The molecule has 0 aromatic carbocycles. The third-order valence-electron chi connectivity index (χ3n) is 3.53. The highest BCUT2D eigenvalue weighted by Crippen LogP contribution is 2.22. The van der Waals surface area contributed by atoms with Gasteiger partial charge in [0.1, 0.15) is 12.2 Å². The van der Waals surface area contributed by atoms with Crippen molar-refractivity contribution in [2.75, 3.05) is 6.54 Å². The Morgan fingerprint density at radius 1 is 1.44 bits per heavy atom. The van der Waals surface area contributed by atoms with Crippen LogP contribution < -0.4 is 11.1 Å². The first kappa shape index (κ1) is 13.0. The summed E-state index contributed by atoms with van der Waals surface area (Å²) in [4.78, 5) is 16.1. The topological polar surface area (TPSA) is 96.7 Å². The van der Waals surface area contributed by atoms with E-state index in [1.165, 1.54) is 12.7 Å². The minimum absolute atomic E-state index is 0.0118. The number of nitrogens with one attached hydrogen (secondary N) is 2. The molecular weight excluding hydrogens is 230 g/mol. The normalized spacial score (nSPS) is 24.5. The number of carbonyl (C=O) groups is 1. The molecule has 1 aromatic heterocycles. The molecule has 4 N–H and O–H groups in total. The number of aromatic amines is 1. The van der Waals surface area contributed by atoms with Gasteiger partial charge in [-0.25, -0.2) is 4.98 Å². The van der Waals surface area contributed by atoms with E-state index < -0.39 is 0 Å². The molecule has 2 unspecified atom stereocenters. The predicted molar refractivity (Wildman–Crippen MR) is 67.6 cm³/mol. The van der Waals surface area contributed by atoms with Gasteiger partial charge in [-0.2, -0.15) is 5.10 Å². The zero-order valence-electron chi connectivity index (χ0n) is 10.6. The van der Waals surface area contributed by atoms with Gasteiger partial charge < -0.3 is 11.1 Å². The minimum atomic E-state index is -0.0257. The molecule has 1 amide bonds. The summed E-state index contributed by atoms with van der Waals surface area (Å²) in [6.07, 6.45) is 7.45. The van der Waals surface area contributed by atoms with Crippen LogP contribution in [0.1, 0.15) is 37.9 Å². The van der Waals surface area contributed by atoms with Crippen LogP contribution in [0, 0.1) is 5.92 Å². The van der Waals surface area contributed by atoms with E-state index in [0.29, 0.717) is 13.0 Å². The van der Waals surface area contributed by atoms with Crippen LogP contribution in [0.3, 0.4) is 0 Å². The summed E-state index contributed by atoms with van der Waals surface area (Å²) in [5, 5.41) is 9.48. The van der Waals surface area contributed by atoms with Gasteiger partial charge in [-0.3, -0.25) is 9.89 Å². The number of hydrogen-bond donors (Lipinski definition) is 3. The highest BCUT2D eigenvalue weighted by molar-refractivity contribution is 5.79. The van der Waals surface area contributed by atoms with Gasteiger partial charge in [0.15, 0.2) is 0 Å². The van der Waals surface area contributed by atoms with Gasteiger partial charge in [0.25, 0.3) is 0 Å². The van der Waals surface area contributed by atoms with E-state index in [2.05, 4.69) is 20.5 Å². The summed E-state index contributed by atoms with van der Waals surface area (Å²) < 4.78 is 0. The number of aromatic nitrogens is 3.